The van der Waals surface area contributed by atoms with Gasteiger partial charge in [-0.05, 0) is 37.1 Å². The Morgan fingerprint density at radius 1 is 0.893 bits per heavy atom. The lowest BCUT2D eigenvalue weighted by atomic mass is 10.2. The minimum absolute atomic E-state index is 0.0567. The van der Waals surface area contributed by atoms with Gasteiger partial charge in [-0.25, -0.2) is 4.21 Å². The van der Waals surface area contributed by atoms with E-state index in [4.69, 9.17) is 0 Å². The first kappa shape index (κ1) is 22.6. The van der Waals surface area contributed by atoms with Crippen LogP contribution in [-0.2, 0) is 19.8 Å². The van der Waals surface area contributed by atoms with Crippen molar-refractivity contribution in [1.82, 2.24) is 0 Å². The van der Waals surface area contributed by atoms with Crippen LogP contribution in [0.5, 0.6) is 0 Å². The van der Waals surface area contributed by atoms with E-state index in [1.807, 2.05) is 32.9 Å². The van der Waals surface area contributed by atoms with Crippen molar-refractivity contribution in [1.29, 1.82) is 0 Å². The molecule has 152 valence electrons. The van der Waals surface area contributed by atoms with Gasteiger partial charge in [-0.2, -0.15) is 8.42 Å². The smallest absolute Gasteiger partial charge is 0.239 e. The summed E-state index contributed by atoms with van der Waals surface area (Å²) in [5.74, 6) is 0.128. The fourth-order valence-corrected chi connectivity index (χ4v) is 11.4. The van der Waals surface area contributed by atoms with Crippen LogP contribution in [0.4, 0.5) is 0 Å². The second kappa shape index (κ2) is 8.35. The lowest BCUT2D eigenvalue weighted by Crippen LogP contribution is -2.30. The van der Waals surface area contributed by atoms with Gasteiger partial charge in [0, 0.05) is 4.53 Å². The van der Waals surface area contributed by atoms with Crippen molar-refractivity contribution in [3.8, 4) is 0 Å². The van der Waals surface area contributed by atoms with E-state index >= 15 is 0 Å². The first-order valence-electron chi connectivity index (χ1n) is 9.24. The van der Waals surface area contributed by atoms with Gasteiger partial charge in [0.15, 0.2) is 0 Å². The summed E-state index contributed by atoms with van der Waals surface area (Å²) < 4.78 is 45.3. The first-order valence-corrected chi connectivity index (χ1v) is 15.7. The van der Waals surface area contributed by atoms with Crippen LogP contribution in [0.15, 0.2) is 78.8 Å². The molecule has 2 aromatic carbocycles. The van der Waals surface area contributed by atoms with Gasteiger partial charge in [0.05, 0.1) is 17.9 Å². The van der Waals surface area contributed by atoms with Crippen molar-refractivity contribution in [2.45, 2.75) is 50.2 Å². The summed E-state index contributed by atoms with van der Waals surface area (Å²) >= 11 is 0. The van der Waals surface area contributed by atoms with E-state index in [0.29, 0.717) is 9.42 Å². The number of sulfonamides is 1. The molecule has 2 aromatic rings. The normalized spacial score (nSPS) is 15.3. The Kier molecular flexibility index (Phi) is 6.73. The van der Waals surface area contributed by atoms with E-state index in [2.05, 4.69) is 23.4 Å². The van der Waals surface area contributed by atoms with Crippen molar-refractivity contribution >= 4 is 27.8 Å². The van der Waals surface area contributed by atoms with Crippen LogP contribution in [0.3, 0.4) is 0 Å². The molecular weight excluding hydrogens is 406 g/mol. The molecule has 4 nitrogen and oxygen atoms in total. The van der Waals surface area contributed by atoms with E-state index < -0.39 is 27.8 Å². The number of allylic oxidation sites excluding steroid dienone is 1. The van der Waals surface area contributed by atoms with Crippen LogP contribution in [0.1, 0.15) is 19.4 Å². The quantitative estimate of drug-likeness (QED) is 0.553. The second-order valence-electron chi connectivity index (χ2n) is 8.23. The number of benzene rings is 2. The molecule has 0 spiro atoms. The summed E-state index contributed by atoms with van der Waals surface area (Å²) in [4.78, 5) is 0.487. The average molecular weight is 436 g/mol. The van der Waals surface area contributed by atoms with Gasteiger partial charge in [0.2, 0.25) is 0 Å². The van der Waals surface area contributed by atoms with Crippen LogP contribution in [-0.4, -0.2) is 20.7 Å². The standard InChI is InChI=1S/C21H29NO3S2Si/c1-17(2)16-21(28(4,5)6)26(23,19-10-8-7-9-11-19)22-27(24,25)20-14-12-18(3)13-15-20/h7-17H,1-6H3/b21-16-/t26-/m1/s1. The second-order valence-corrected chi connectivity index (χ2v) is 17.6. The summed E-state index contributed by atoms with van der Waals surface area (Å²) in [5, 5.41) is 0. The zero-order valence-electron chi connectivity index (χ0n) is 17.3. The van der Waals surface area contributed by atoms with Crippen molar-refractivity contribution in [3.05, 3.63) is 70.8 Å². The van der Waals surface area contributed by atoms with Crippen LogP contribution in [0.25, 0.3) is 0 Å². The predicted molar refractivity (Wildman–Crippen MR) is 120 cm³/mol. The summed E-state index contributed by atoms with van der Waals surface area (Å²) in [6, 6.07) is 15.2. The Labute approximate surface area is 171 Å². The van der Waals surface area contributed by atoms with Gasteiger partial charge in [-0.3, -0.25) is 0 Å². The Balaban J connectivity index is 2.89. The molecule has 0 amide bonds. The Morgan fingerprint density at radius 3 is 1.89 bits per heavy atom. The highest BCUT2D eigenvalue weighted by Crippen LogP contribution is 2.32. The lowest BCUT2D eigenvalue weighted by Gasteiger charge is -2.25. The van der Waals surface area contributed by atoms with Gasteiger partial charge in [-0.15, -0.1) is 0 Å². The summed E-state index contributed by atoms with van der Waals surface area (Å²) in [7, 11) is -9.56. The monoisotopic (exact) mass is 435 g/mol. The Hall–Kier alpha value is -1.70. The summed E-state index contributed by atoms with van der Waals surface area (Å²) in [5.41, 5.74) is 0.949. The zero-order valence-corrected chi connectivity index (χ0v) is 20.0. The van der Waals surface area contributed by atoms with Gasteiger partial charge in [0.1, 0.15) is 9.73 Å². The molecule has 0 aliphatic carbocycles. The van der Waals surface area contributed by atoms with E-state index in [-0.39, 0.29) is 10.8 Å². The zero-order chi connectivity index (χ0) is 21.2. The largest absolute Gasteiger partial charge is 0.290 e. The van der Waals surface area contributed by atoms with Crippen molar-refractivity contribution in [2.75, 3.05) is 0 Å². The first-order chi connectivity index (χ1) is 12.9. The molecule has 0 N–H and O–H groups in total. The maximum absolute atomic E-state index is 14.3. The van der Waals surface area contributed by atoms with Crippen molar-refractivity contribution < 1.29 is 12.6 Å². The molecule has 0 aromatic heterocycles. The van der Waals surface area contributed by atoms with E-state index in [1.165, 1.54) is 12.1 Å². The Bertz CT molecular complexity index is 1070. The topological polar surface area (TPSA) is 63.6 Å². The maximum atomic E-state index is 14.3. The molecule has 0 radical (unpaired) electrons. The van der Waals surface area contributed by atoms with Crippen LogP contribution < -0.4 is 0 Å². The van der Waals surface area contributed by atoms with Crippen molar-refractivity contribution in [2.24, 2.45) is 9.69 Å². The molecule has 28 heavy (non-hydrogen) atoms. The minimum Gasteiger partial charge on any atom is -0.239 e. The number of rotatable bonds is 6. The number of aryl methyl sites for hydroxylation is 1. The molecule has 0 heterocycles. The minimum atomic E-state index is -4.09. The molecule has 7 heteroatoms. The third-order valence-electron chi connectivity index (χ3n) is 4.11. The molecule has 1 atom stereocenters. The van der Waals surface area contributed by atoms with Crippen LogP contribution >= 0.6 is 0 Å². The molecule has 0 saturated carbocycles. The van der Waals surface area contributed by atoms with E-state index in [1.54, 1.807) is 36.4 Å². The number of nitrogens with zero attached hydrogens (tertiary/aromatic N) is 1. The highest BCUT2D eigenvalue weighted by Gasteiger charge is 2.33. The summed E-state index contributed by atoms with van der Waals surface area (Å²) in [6.07, 6.45) is 1.94. The van der Waals surface area contributed by atoms with Crippen LogP contribution in [0.2, 0.25) is 19.6 Å². The molecule has 0 aliphatic heterocycles. The highest BCUT2D eigenvalue weighted by molar-refractivity contribution is 8.07. The van der Waals surface area contributed by atoms with Gasteiger partial charge < -0.3 is 0 Å². The number of hydrogen-bond donors (Lipinski definition) is 0. The SMILES string of the molecule is Cc1ccc(S(=O)(=O)N=[S@](=O)(/C(=C/C(C)C)[Si](C)(C)C)c2ccccc2)cc1. The highest BCUT2D eigenvalue weighted by atomic mass is 32.3. The molecule has 2 rings (SSSR count). The molecule has 0 fully saturated rings. The van der Waals surface area contributed by atoms with Gasteiger partial charge in [0.25, 0.3) is 10.0 Å². The van der Waals surface area contributed by atoms with E-state index in [9.17, 15) is 12.6 Å². The van der Waals surface area contributed by atoms with E-state index in [0.717, 1.165) is 5.56 Å². The van der Waals surface area contributed by atoms with Gasteiger partial charge in [-0.1, -0.05) is 79.2 Å². The molecule has 0 unspecified atom stereocenters. The molecule has 0 bridgehead atoms. The maximum Gasteiger partial charge on any atom is 0.290 e. The molecule has 0 saturated heterocycles. The fraction of sp³-hybridized carbons (Fsp3) is 0.333. The Morgan fingerprint density at radius 2 is 1.43 bits per heavy atom. The lowest BCUT2D eigenvalue weighted by molar-refractivity contribution is 0.598. The third-order valence-corrected chi connectivity index (χ3v) is 12.6. The average Bonchev–Trinajstić information content (AvgIpc) is 2.59. The number of hydrogen-bond acceptors (Lipinski definition) is 3. The van der Waals surface area contributed by atoms with Crippen molar-refractivity contribution in [3.63, 3.8) is 0 Å². The predicted octanol–water partition coefficient (Wildman–Crippen LogP) is 5.63. The third kappa shape index (κ3) is 5.21. The molecular formula is C21H29NO3S2Si. The summed E-state index contributed by atoms with van der Waals surface area (Å²) in [6.45, 7) is 12.1. The molecule has 0 aliphatic rings. The fourth-order valence-electron chi connectivity index (χ4n) is 2.77. The van der Waals surface area contributed by atoms with Crippen LogP contribution in [0, 0.1) is 12.8 Å². The van der Waals surface area contributed by atoms with Gasteiger partial charge >= 0.3 is 0 Å².